The van der Waals surface area contributed by atoms with E-state index in [9.17, 15) is 9.59 Å². The van der Waals surface area contributed by atoms with Crippen molar-refractivity contribution < 1.29 is 9.59 Å². The van der Waals surface area contributed by atoms with Gasteiger partial charge in [-0.15, -0.1) is 0 Å². The number of hydrogen-bond donors (Lipinski definition) is 2. The number of fused-ring (bicyclic) bond motifs is 1. The van der Waals surface area contributed by atoms with E-state index in [1.54, 1.807) is 18.4 Å². The predicted octanol–water partition coefficient (Wildman–Crippen LogP) is 2.84. The lowest BCUT2D eigenvalue weighted by molar-refractivity contribution is -0.124. The molecule has 0 unspecified atom stereocenters. The lowest BCUT2D eigenvalue weighted by atomic mass is 9.86. The van der Waals surface area contributed by atoms with E-state index in [0.717, 1.165) is 36.6 Å². The van der Waals surface area contributed by atoms with Crippen LogP contribution in [0.1, 0.15) is 54.8 Å². The Kier molecular flexibility index (Phi) is 6.77. The maximum atomic E-state index is 13.3. The Morgan fingerprint density at radius 2 is 2.03 bits per heavy atom. The number of aromatic nitrogens is 2. The second-order valence-electron chi connectivity index (χ2n) is 8.79. The summed E-state index contributed by atoms with van der Waals surface area (Å²) >= 11 is 1.64. The quantitative estimate of drug-likeness (QED) is 0.766. The number of carbonyl (C=O) groups is 2. The van der Waals surface area contributed by atoms with Crippen LogP contribution in [0.15, 0.2) is 16.8 Å². The van der Waals surface area contributed by atoms with Crippen molar-refractivity contribution in [3.63, 3.8) is 0 Å². The molecule has 0 aromatic carbocycles. The van der Waals surface area contributed by atoms with Gasteiger partial charge in [-0.1, -0.05) is 26.8 Å². The van der Waals surface area contributed by atoms with Gasteiger partial charge in [-0.25, -0.2) is 4.98 Å². The first-order valence-corrected chi connectivity index (χ1v) is 11.2. The Labute approximate surface area is 182 Å². The van der Waals surface area contributed by atoms with Gasteiger partial charge in [0.2, 0.25) is 5.91 Å². The summed E-state index contributed by atoms with van der Waals surface area (Å²) in [6.07, 6.45) is 4.97. The molecule has 30 heavy (non-hydrogen) atoms. The van der Waals surface area contributed by atoms with Crippen molar-refractivity contribution in [1.29, 1.82) is 0 Å². The maximum Gasteiger partial charge on any atom is 0.272 e. The molecule has 1 aliphatic rings. The van der Waals surface area contributed by atoms with Crippen LogP contribution in [0, 0.1) is 5.41 Å². The van der Waals surface area contributed by atoms with Crippen molar-refractivity contribution in [2.45, 2.75) is 46.3 Å². The molecule has 2 aromatic rings. The molecule has 8 heteroatoms. The van der Waals surface area contributed by atoms with E-state index >= 15 is 0 Å². The Morgan fingerprint density at radius 3 is 2.67 bits per heavy atom. The molecule has 162 valence electrons. The first-order valence-electron chi connectivity index (χ1n) is 10.2. The third-order valence-electron chi connectivity index (χ3n) is 5.28. The van der Waals surface area contributed by atoms with Gasteiger partial charge in [-0.2, -0.15) is 11.3 Å². The lowest BCUT2D eigenvalue weighted by Crippen LogP contribution is -2.53. The molecule has 0 saturated heterocycles. The standard InChI is InChI=1S/C22H31N5O2S/c1-22(2,3)19(21(29)23-4)25-20(28)18-16-13-26(5)10-6-11-27(16)17(24-18)8-7-15-9-12-30-14-15/h7-9,12,14,19H,6,10-11,13H2,1-5H3,(H,23,29)(H,25,28)/t19-/m1/s1. The predicted molar refractivity (Wildman–Crippen MR) is 121 cm³/mol. The second-order valence-corrected chi connectivity index (χ2v) is 9.57. The van der Waals surface area contributed by atoms with Gasteiger partial charge in [0.05, 0.1) is 5.69 Å². The zero-order valence-corrected chi connectivity index (χ0v) is 19.2. The molecule has 3 heterocycles. The summed E-state index contributed by atoms with van der Waals surface area (Å²) in [5.41, 5.74) is 1.97. The summed E-state index contributed by atoms with van der Waals surface area (Å²) in [5.74, 6) is 0.243. The monoisotopic (exact) mass is 429 g/mol. The summed E-state index contributed by atoms with van der Waals surface area (Å²) in [4.78, 5) is 32.5. The van der Waals surface area contributed by atoms with Crippen molar-refractivity contribution in [3.05, 3.63) is 39.6 Å². The number of hydrogen-bond acceptors (Lipinski definition) is 5. The van der Waals surface area contributed by atoms with Crippen LogP contribution in [0.4, 0.5) is 0 Å². The summed E-state index contributed by atoms with van der Waals surface area (Å²) in [6.45, 7) is 8.21. The smallest absolute Gasteiger partial charge is 0.272 e. The van der Waals surface area contributed by atoms with Gasteiger partial charge in [-0.05, 0) is 53.9 Å². The highest BCUT2D eigenvalue weighted by Gasteiger charge is 2.34. The number of nitrogens with zero attached hydrogens (tertiary/aromatic N) is 3. The number of imidazole rings is 1. The minimum Gasteiger partial charge on any atom is -0.357 e. The minimum absolute atomic E-state index is 0.212. The zero-order chi connectivity index (χ0) is 21.9. The topological polar surface area (TPSA) is 79.3 Å². The number of amides is 2. The Balaban J connectivity index is 1.96. The number of thiophene rings is 1. The molecule has 0 radical (unpaired) electrons. The maximum absolute atomic E-state index is 13.3. The average molecular weight is 430 g/mol. The number of likely N-dealkylation sites (N-methyl/N-ethyl adjacent to an activating group) is 1. The molecule has 2 amide bonds. The van der Waals surface area contributed by atoms with Gasteiger partial charge in [-0.3, -0.25) is 9.59 Å². The highest BCUT2D eigenvalue weighted by Crippen LogP contribution is 2.23. The molecule has 1 atom stereocenters. The van der Waals surface area contributed by atoms with Gasteiger partial charge < -0.3 is 20.1 Å². The third-order valence-corrected chi connectivity index (χ3v) is 5.98. The Hall–Kier alpha value is -2.45. The molecule has 7 nitrogen and oxygen atoms in total. The summed E-state index contributed by atoms with van der Waals surface area (Å²) < 4.78 is 2.13. The molecule has 0 spiro atoms. The molecule has 2 aromatic heterocycles. The van der Waals surface area contributed by atoms with Gasteiger partial charge >= 0.3 is 0 Å². The van der Waals surface area contributed by atoms with Crippen LogP contribution in [0.25, 0.3) is 12.2 Å². The van der Waals surface area contributed by atoms with Crippen LogP contribution >= 0.6 is 11.3 Å². The second kappa shape index (κ2) is 9.14. The van der Waals surface area contributed by atoms with Crippen LogP contribution in [-0.4, -0.2) is 52.9 Å². The van der Waals surface area contributed by atoms with Crippen molar-refractivity contribution in [3.8, 4) is 0 Å². The molecule has 1 aliphatic heterocycles. The number of rotatable bonds is 5. The van der Waals surface area contributed by atoms with Crippen molar-refractivity contribution >= 4 is 35.3 Å². The largest absolute Gasteiger partial charge is 0.357 e. The molecule has 0 fully saturated rings. The third kappa shape index (κ3) is 4.99. The van der Waals surface area contributed by atoms with Crippen molar-refractivity contribution in [2.24, 2.45) is 5.41 Å². The lowest BCUT2D eigenvalue weighted by Gasteiger charge is -2.29. The fourth-order valence-corrected chi connectivity index (χ4v) is 4.25. The van der Waals surface area contributed by atoms with Crippen LogP contribution in [0.3, 0.4) is 0 Å². The molecule has 3 rings (SSSR count). The van der Waals surface area contributed by atoms with E-state index in [2.05, 4.69) is 25.5 Å². The zero-order valence-electron chi connectivity index (χ0n) is 18.4. The van der Waals surface area contributed by atoms with Crippen molar-refractivity contribution in [1.82, 2.24) is 25.1 Å². The van der Waals surface area contributed by atoms with Crippen LogP contribution < -0.4 is 10.6 Å². The molecule has 2 N–H and O–H groups in total. The first-order chi connectivity index (χ1) is 14.2. The molecular formula is C22H31N5O2S. The van der Waals surface area contributed by atoms with Crippen molar-refractivity contribution in [2.75, 3.05) is 20.6 Å². The van der Waals surface area contributed by atoms with Gasteiger partial charge in [0.15, 0.2) is 5.69 Å². The Morgan fingerprint density at radius 1 is 1.27 bits per heavy atom. The number of nitrogens with one attached hydrogen (secondary N) is 2. The van der Waals surface area contributed by atoms with Gasteiger partial charge in [0.25, 0.3) is 5.91 Å². The normalized spacial score (nSPS) is 16.2. The van der Waals surface area contributed by atoms with Crippen LogP contribution in [0.2, 0.25) is 0 Å². The van der Waals surface area contributed by atoms with E-state index < -0.39 is 11.5 Å². The summed E-state index contributed by atoms with van der Waals surface area (Å²) in [6, 6.07) is 1.40. The summed E-state index contributed by atoms with van der Waals surface area (Å²) in [7, 11) is 3.63. The Bertz CT molecular complexity index is 924. The van der Waals surface area contributed by atoms with E-state index in [-0.39, 0.29) is 11.8 Å². The van der Waals surface area contributed by atoms with Crippen LogP contribution in [0.5, 0.6) is 0 Å². The molecule has 0 aliphatic carbocycles. The van der Waals surface area contributed by atoms with E-state index in [0.29, 0.717) is 12.2 Å². The average Bonchev–Trinajstić information content (AvgIpc) is 3.27. The molecule has 0 saturated carbocycles. The van der Waals surface area contributed by atoms with Gasteiger partial charge in [0, 0.05) is 20.1 Å². The van der Waals surface area contributed by atoms with Gasteiger partial charge in [0.1, 0.15) is 11.9 Å². The number of carbonyl (C=O) groups excluding carboxylic acids is 2. The highest BCUT2D eigenvalue weighted by atomic mass is 32.1. The van der Waals surface area contributed by atoms with E-state index in [1.807, 2.05) is 51.4 Å². The summed E-state index contributed by atoms with van der Waals surface area (Å²) in [5, 5.41) is 9.68. The first kappa shape index (κ1) is 22.2. The fourth-order valence-electron chi connectivity index (χ4n) is 3.62. The SMILES string of the molecule is CNC(=O)[C@@H](NC(=O)c1nc(C=Cc2ccsc2)n2c1CN(C)CCC2)C(C)(C)C. The van der Waals surface area contributed by atoms with E-state index in [4.69, 9.17) is 4.98 Å². The highest BCUT2D eigenvalue weighted by molar-refractivity contribution is 7.08. The molecular weight excluding hydrogens is 398 g/mol. The minimum atomic E-state index is -0.652. The van der Waals surface area contributed by atoms with Crippen LogP contribution in [-0.2, 0) is 17.9 Å². The van der Waals surface area contributed by atoms with E-state index in [1.165, 1.54) is 0 Å². The fraction of sp³-hybridized carbons (Fsp3) is 0.500. The molecule has 0 bridgehead atoms.